The van der Waals surface area contributed by atoms with Crippen molar-refractivity contribution in [1.29, 1.82) is 0 Å². The van der Waals surface area contributed by atoms with E-state index in [0.717, 1.165) is 11.1 Å². The maximum Gasteiger partial charge on any atom is 0.251 e. The number of halogens is 1. The highest BCUT2D eigenvalue weighted by Crippen LogP contribution is 2.20. The van der Waals surface area contributed by atoms with Crippen molar-refractivity contribution in [3.63, 3.8) is 0 Å². The van der Waals surface area contributed by atoms with Crippen molar-refractivity contribution in [3.05, 3.63) is 51.8 Å². The Morgan fingerprint density at radius 2 is 2.00 bits per heavy atom. The quantitative estimate of drug-likeness (QED) is 0.797. The highest BCUT2D eigenvalue weighted by Gasteiger charge is 2.05. The third-order valence-corrected chi connectivity index (χ3v) is 2.32. The largest absolute Gasteiger partial charge is 0.311 e. The van der Waals surface area contributed by atoms with E-state index in [1.807, 2.05) is 0 Å². The first-order chi connectivity index (χ1) is 7.56. The van der Waals surface area contributed by atoms with Crippen LogP contribution in [0.2, 0.25) is 0 Å². The van der Waals surface area contributed by atoms with Gasteiger partial charge in [-0.05, 0) is 37.6 Å². The number of H-pyrrole nitrogens is 1. The van der Waals surface area contributed by atoms with Gasteiger partial charge in [0, 0.05) is 11.6 Å². The van der Waals surface area contributed by atoms with Gasteiger partial charge < -0.3 is 4.98 Å². The number of aryl methyl sites for hydroxylation is 2. The summed E-state index contributed by atoms with van der Waals surface area (Å²) in [7, 11) is 0. The smallest absolute Gasteiger partial charge is 0.251 e. The molecule has 1 heterocycles. The molecule has 0 bridgehead atoms. The van der Waals surface area contributed by atoms with Crippen LogP contribution in [-0.4, -0.2) is 9.97 Å². The molecule has 16 heavy (non-hydrogen) atoms. The molecule has 0 aliphatic carbocycles. The maximum absolute atomic E-state index is 12.9. The van der Waals surface area contributed by atoms with E-state index < -0.39 is 0 Å². The van der Waals surface area contributed by atoms with Crippen LogP contribution >= 0.6 is 0 Å². The molecule has 0 saturated heterocycles. The lowest BCUT2D eigenvalue weighted by Crippen LogP contribution is -2.08. The van der Waals surface area contributed by atoms with Crippen LogP contribution in [0.4, 0.5) is 4.39 Å². The molecule has 1 N–H and O–H groups in total. The molecular formula is C12H11FN2O. The average molecular weight is 218 g/mol. The van der Waals surface area contributed by atoms with Crippen molar-refractivity contribution < 1.29 is 4.39 Å². The Labute approximate surface area is 92.0 Å². The lowest BCUT2D eigenvalue weighted by molar-refractivity contribution is 0.627. The Hall–Kier alpha value is -1.97. The predicted molar refractivity (Wildman–Crippen MR) is 59.7 cm³/mol. The molecule has 0 spiro atoms. The predicted octanol–water partition coefficient (Wildman–Crippen LogP) is 2.19. The first-order valence-electron chi connectivity index (χ1n) is 4.91. The molecule has 0 radical (unpaired) electrons. The number of nitrogens with zero attached hydrogens (tertiary/aromatic N) is 1. The summed E-state index contributed by atoms with van der Waals surface area (Å²) in [5.74, 6) is 0.258. The average Bonchev–Trinajstić information content (AvgIpc) is 2.15. The van der Waals surface area contributed by atoms with Gasteiger partial charge in [-0.15, -0.1) is 0 Å². The number of hydrogen-bond acceptors (Lipinski definition) is 2. The monoisotopic (exact) mass is 218 g/mol. The van der Waals surface area contributed by atoms with E-state index in [1.165, 1.54) is 18.2 Å². The number of benzene rings is 1. The first-order valence-corrected chi connectivity index (χ1v) is 4.91. The summed E-state index contributed by atoms with van der Waals surface area (Å²) in [6.45, 7) is 3.50. The van der Waals surface area contributed by atoms with E-state index >= 15 is 0 Å². The van der Waals surface area contributed by atoms with Gasteiger partial charge >= 0.3 is 0 Å². The van der Waals surface area contributed by atoms with Gasteiger partial charge in [0.25, 0.3) is 5.56 Å². The van der Waals surface area contributed by atoms with Crippen molar-refractivity contribution >= 4 is 0 Å². The minimum Gasteiger partial charge on any atom is -0.311 e. The van der Waals surface area contributed by atoms with Crippen LogP contribution < -0.4 is 5.56 Å². The molecule has 0 unspecified atom stereocenters. The third kappa shape index (κ3) is 2.00. The molecule has 3 nitrogen and oxygen atoms in total. The van der Waals surface area contributed by atoms with E-state index in [9.17, 15) is 9.18 Å². The topological polar surface area (TPSA) is 45.8 Å². The van der Waals surface area contributed by atoms with Crippen molar-refractivity contribution in [2.24, 2.45) is 0 Å². The van der Waals surface area contributed by atoms with E-state index in [2.05, 4.69) is 9.97 Å². The van der Waals surface area contributed by atoms with Crippen LogP contribution in [0, 0.1) is 19.7 Å². The first kappa shape index (κ1) is 10.5. The molecule has 1 aromatic carbocycles. The summed E-state index contributed by atoms with van der Waals surface area (Å²) in [4.78, 5) is 18.1. The van der Waals surface area contributed by atoms with Crippen LogP contribution in [0.15, 0.2) is 29.1 Å². The summed E-state index contributed by atoms with van der Waals surface area (Å²) in [5.41, 5.74) is 1.90. The van der Waals surface area contributed by atoms with Crippen molar-refractivity contribution in [2.75, 3.05) is 0 Å². The molecule has 82 valence electrons. The zero-order valence-electron chi connectivity index (χ0n) is 9.04. The molecule has 0 aliphatic heterocycles. The zero-order valence-corrected chi connectivity index (χ0v) is 9.04. The molecule has 0 fully saturated rings. The highest BCUT2D eigenvalue weighted by atomic mass is 19.1. The normalized spacial score (nSPS) is 10.4. The molecule has 4 heteroatoms. The second-order valence-corrected chi connectivity index (χ2v) is 3.68. The van der Waals surface area contributed by atoms with Crippen molar-refractivity contribution in [1.82, 2.24) is 9.97 Å². The van der Waals surface area contributed by atoms with Crippen LogP contribution in [0.25, 0.3) is 11.3 Å². The fourth-order valence-electron chi connectivity index (χ4n) is 1.63. The van der Waals surface area contributed by atoms with Gasteiger partial charge in [0.05, 0.1) is 5.69 Å². The SMILES string of the molecule is Cc1nc(-c2ccc(F)cc2C)cc(=O)[nH]1. The fraction of sp³-hybridized carbons (Fsp3) is 0.167. The molecule has 1 aromatic heterocycles. The molecule has 0 amide bonds. The molecule has 2 aromatic rings. The molecule has 2 rings (SSSR count). The zero-order chi connectivity index (χ0) is 11.7. The Balaban J connectivity index is 2.63. The lowest BCUT2D eigenvalue weighted by Gasteiger charge is -2.05. The standard InChI is InChI=1S/C12H11FN2O/c1-7-5-9(13)3-4-10(7)11-6-12(16)15-8(2)14-11/h3-6H,1-2H3,(H,14,15,16). The Bertz CT molecular complexity index is 590. The number of rotatable bonds is 1. The van der Waals surface area contributed by atoms with Gasteiger partial charge in [-0.1, -0.05) is 0 Å². The van der Waals surface area contributed by atoms with Crippen LogP contribution in [0.5, 0.6) is 0 Å². The third-order valence-electron chi connectivity index (χ3n) is 2.32. The molecule has 0 saturated carbocycles. The van der Waals surface area contributed by atoms with Gasteiger partial charge in [-0.2, -0.15) is 0 Å². The minimum atomic E-state index is -0.289. The second kappa shape index (κ2) is 3.89. The molecule has 0 aliphatic rings. The minimum absolute atomic E-state index is 0.203. The van der Waals surface area contributed by atoms with Gasteiger partial charge in [0.1, 0.15) is 11.6 Å². The van der Waals surface area contributed by atoms with E-state index in [0.29, 0.717) is 11.5 Å². The summed E-state index contributed by atoms with van der Waals surface area (Å²) < 4.78 is 12.9. The lowest BCUT2D eigenvalue weighted by atomic mass is 10.1. The van der Waals surface area contributed by atoms with Gasteiger partial charge in [-0.25, -0.2) is 9.37 Å². The van der Waals surface area contributed by atoms with Gasteiger partial charge in [0.2, 0.25) is 0 Å². The number of hydrogen-bond donors (Lipinski definition) is 1. The van der Waals surface area contributed by atoms with E-state index in [4.69, 9.17) is 0 Å². The van der Waals surface area contributed by atoms with Crippen LogP contribution in [0.1, 0.15) is 11.4 Å². The number of nitrogens with one attached hydrogen (secondary N) is 1. The molecular weight excluding hydrogens is 207 g/mol. The van der Waals surface area contributed by atoms with Crippen LogP contribution in [-0.2, 0) is 0 Å². The number of aromatic amines is 1. The highest BCUT2D eigenvalue weighted by molar-refractivity contribution is 5.62. The van der Waals surface area contributed by atoms with E-state index in [-0.39, 0.29) is 11.4 Å². The summed E-state index contributed by atoms with van der Waals surface area (Å²) >= 11 is 0. The van der Waals surface area contributed by atoms with Crippen molar-refractivity contribution in [3.8, 4) is 11.3 Å². The van der Waals surface area contributed by atoms with Crippen LogP contribution in [0.3, 0.4) is 0 Å². The van der Waals surface area contributed by atoms with Crippen molar-refractivity contribution in [2.45, 2.75) is 13.8 Å². The fourth-order valence-corrected chi connectivity index (χ4v) is 1.63. The Morgan fingerprint density at radius 3 is 2.62 bits per heavy atom. The van der Waals surface area contributed by atoms with Gasteiger partial charge in [0.15, 0.2) is 0 Å². The van der Waals surface area contributed by atoms with Gasteiger partial charge in [-0.3, -0.25) is 4.79 Å². The Morgan fingerprint density at radius 1 is 1.25 bits per heavy atom. The summed E-state index contributed by atoms with van der Waals surface area (Å²) in [6.07, 6.45) is 0. The maximum atomic E-state index is 12.9. The Kier molecular flexibility index (Phi) is 2.56. The summed E-state index contributed by atoms with van der Waals surface area (Å²) in [6, 6.07) is 5.83. The van der Waals surface area contributed by atoms with E-state index in [1.54, 1.807) is 19.9 Å². The summed E-state index contributed by atoms with van der Waals surface area (Å²) in [5, 5.41) is 0. The second-order valence-electron chi connectivity index (χ2n) is 3.68. The molecule has 0 atom stereocenters. The number of aromatic nitrogens is 2.